The molecule has 0 fully saturated rings. The Labute approximate surface area is 123 Å². The van der Waals surface area contributed by atoms with Gasteiger partial charge in [0.1, 0.15) is 0 Å². The number of hydrogen-bond acceptors (Lipinski definition) is 4. The smallest absolute Gasteiger partial charge is 0.0587 e. The topological polar surface area (TPSA) is 33.7 Å². The average Bonchev–Trinajstić information content (AvgIpc) is 2.44. The Hall–Kier alpha value is -1.10. The summed E-state index contributed by atoms with van der Waals surface area (Å²) in [5, 5.41) is 3.37. The molecule has 4 heteroatoms. The number of ether oxygens (including phenoxy) is 2. The summed E-state index contributed by atoms with van der Waals surface area (Å²) in [6, 6.07) is 6.65. The molecule has 114 valence electrons. The molecule has 1 N–H and O–H groups in total. The lowest BCUT2D eigenvalue weighted by Crippen LogP contribution is -2.21. The highest BCUT2D eigenvalue weighted by Crippen LogP contribution is 2.20. The first-order valence-electron chi connectivity index (χ1n) is 7.18. The van der Waals surface area contributed by atoms with Crippen LogP contribution in [0.3, 0.4) is 0 Å². The van der Waals surface area contributed by atoms with Gasteiger partial charge in [0.2, 0.25) is 0 Å². The van der Waals surface area contributed by atoms with Crippen LogP contribution in [0.5, 0.6) is 0 Å². The van der Waals surface area contributed by atoms with E-state index in [9.17, 15) is 0 Å². The minimum Gasteiger partial charge on any atom is -0.385 e. The van der Waals surface area contributed by atoms with Crippen LogP contribution in [0.2, 0.25) is 0 Å². The molecule has 1 aromatic carbocycles. The lowest BCUT2D eigenvalue weighted by molar-refractivity contribution is 0.196. The summed E-state index contributed by atoms with van der Waals surface area (Å²) in [5.41, 5.74) is 3.92. The van der Waals surface area contributed by atoms with E-state index in [0.717, 1.165) is 39.3 Å². The molecule has 0 heterocycles. The van der Waals surface area contributed by atoms with Gasteiger partial charge in [-0.2, -0.15) is 0 Å². The first kappa shape index (κ1) is 17.0. The number of methoxy groups -OCH3 is 2. The van der Waals surface area contributed by atoms with Gasteiger partial charge in [-0.25, -0.2) is 0 Å². The van der Waals surface area contributed by atoms with E-state index in [1.807, 2.05) is 0 Å². The van der Waals surface area contributed by atoms with Crippen LogP contribution in [-0.2, 0) is 16.0 Å². The summed E-state index contributed by atoms with van der Waals surface area (Å²) in [6.45, 7) is 6.51. The van der Waals surface area contributed by atoms with Crippen molar-refractivity contribution in [3.63, 3.8) is 0 Å². The number of nitrogens with zero attached hydrogens (tertiary/aromatic N) is 1. The van der Waals surface area contributed by atoms with Crippen LogP contribution < -0.4 is 10.2 Å². The van der Waals surface area contributed by atoms with Crippen LogP contribution in [0.15, 0.2) is 18.2 Å². The number of anilines is 1. The third kappa shape index (κ3) is 5.90. The molecule has 1 aromatic rings. The zero-order chi connectivity index (χ0) is 14.8. The lowest BCUT2D eigenvalue weighted by atomic mass is 10.1. The van der Waals surface area contributed by atoms with Crippen LogP contribution in [0, 0.1) is 6.92 Å². The highest BCUT2D eigenvalue weighted by molar-refractivity contribution is 5.53. The summed E-state index contributed by atoms with van der Waals surface area (Å²) in [4.78, 5) is 2.29. The molecule has 0 spiro atoms. The number of hydrogen-bond donors (Lipinski definition) is 1. The Morgan fingerprint density at radius 1 is 1.15 bits per heavy atom. The molecule has 0 bridgehead atoms. The summed E-state index contributed by atoms with van der Waals surface area (Å²) in [6.07, 6.45) is 1.05. The molecule has 1 rings (SSSR count). The van der Waals surface area contributed by atoms with Gasteiger partial charge in [0, 0.05) is 53.2 Å². The van der Waals surface area contributed by atoms with Crippen LogP contribution in [0.1, 0.15) is 17.5 Å². The molecular weight excluding hydrogens is 252 g/mol. The molecular formula is C16H28N2O2. The van der Waals surface area contributed by atoms with E-state index < -0.39 is 0 Å². The second-order valence-corrected chi connectivity index (χ2v) is 5.06. The normalized spacial score (nSPS) is 10.8. The maximum absolute atomic E-state index is 5.10. The molecule has 20 heavy (non-hydrogen) atoms. The van der Waals surface area contributed by atoms with Gasteiger partial charge >= 0.3 is 0 Å². The zero-order valence-electron chi connectivity index (χ0n) is 13.2. The fourth-order valence-corrected chi connectivity index (χ4v) is 2.23. The summed E-state index contributed by atoms with van der Waals surface area (Å²) >= 11 is 0. The summed E-state index contributed by atoms with van der Waals surface area (Å²) in [5.74, 6) is 0. The molecule has 0 aromatic heterocycles. The summed E-state index contributed by atoms with van der Waals surface area (Å²) < 4.78 is 10.1. The highest BCUT2D eigenvalue weighted by Gasteiger charge is 2.05. The SMILES string of the molecule is COCCCN(C)c1ccc(CNCCOC)cc1C. The van der Waals surface area contributed by atoms with Crippen LogP contribution >= 0.6 is 0 Å². The maximum Gasteiger partial charge on any atom is 0.0587 e. The van der Waals surface area contributed by atoms with Crippen molar-refractivity contribution in [2.45, 2.75) is 19.9 Å². The van der Waals surface area contributed by atoms with Gasteiger partial charge in [-0.05, 0) is 30.5 Å². The van der Waals surface area contributed by atoms with E-state index in [-0.39, 0.29) is 0 Å². The Morgan fingerprint density at radius 2 is 1.90 bits per heavy atom. The van der Waals surface area contributed by atoms with E-state index >= 15 is 0 Å². The zero-order valence-corrected chi connectivity index (χ0v) is 13.2. The second kappa shape index (κ2) is 9.75. The monoisotopic (exact) mass is 280 g/mol. The fourth-order valence-electron chi connectivity index (χ4n) is 2.23. The van der Waals surface area contributed by atoms with Crippen LogP contribution in [-0.4, -0.2) is 47.6 Å². The molecule has 0 unspecified atom stereocenters. The maximum atomic E-state index is 5.10. The van der Waals surface area contributed by atoms with Crippen molar-refractivity contribution in [2.24, 2.45) is 0 Å². The molecule has 0 radical (unpaired) electrons. The Bertz CT molecular complexity index is 383. The van der Waals surface area contributed by atoms with Gasteiger partial charge in [0.25, 0.3) is 0 Å². The van der Waals surface area contributed by atoms with E-state index in [1.165, 1.54) is 16.8 Å². The van der Waals surface area contributed by atoms with E-state index in [0.29, 0.717) is 0 Å². The minimum atomic E-state index is 0.749. The van der Waals surface area contributed by atoms with E-state index in [2.05, 4.69) is 42.4 Å². The molecule has 0 aliphatic carbocycles. The van der Waals surface area contributed by atoms with Crippen molar-refractivity contribution >= 4 is 5.69 Å². The van der Waals surface area contributed by atoms with E-state index in [1.54, 1.807) is 14.2 Å². The van der Waals surface area contributed by atoms with Gasteiger partial charge < -0.3 is 19.7 Å². The van der Waals surface area contributed by atoms with Gasteiger partial charge in [-0.1, -0.05) is 12.1 Å². The first-order chi connectivity index (χ1) is 9.69. The minimum absolute atomic E-state index is 0.749. The van der Waals surface area contributed by atoms with Gasteiger partial charge in [-0.3, -0.25) is 0 Å². The molecule has 0 amide bonds. The van der Waals surface area contributed by atoms with Crippen molar-refractivity contribution < 1.29 is 9.47 Å². The number of nitrogens with one attached hydrogen (secondary N) is 1. The van der Waals surface area contributed by atoms with Crippen molar-refractivity contribution in [3.8, 4) is 0 Å². The molecule has 0 aliphatic rings. The van der Waals surface area contributed by atoms with Gasteiger partial charge in [0.15, 0.2) is 0 Å². The first-order valence-corrected chi connectivity index (χ1v) is 7.18. The third-order valence-electron chi connectivity index (χ3n) is 3.33. The van der Waals surface area contributed by atoms with E-state index in [4.69, 9.17) is 9.47 Å². The predicted molar refractivity (Wildman–Crippen MR) is 84.5 cm³/mol. The lowest BCUT2D eigenvalue weighted by Gasteiger charge is -2.22. The van der Waals surface area contributed by atoms with Gasteiger partial charge in [-0.15, -0.1) is 0 Å². The van der Waals surface area contributed by atoms with Gasteiger partial charge in [0.05, 0.1) is 6.61 Å². The third-order valence-corrected chi connectivity index (χ3v) is 3.33. The molecule has 0 atom stereocenters. The number of rotatable bonds is 10. The number of benzene rings is 1. The highest BCUT2D eigenvalue weighted by atomic mass is 16.5. The van der Waals surface area contributed by atoms with Crippen LogP contribution in [0.4, 0.5) is 5.69 Å². The van der Waals surface area contributed by atoms with Crippen LogP contribution in [0.25, 0.3) is 0 Å². The fraction of sp³-hybridized carbons (Fsp3) is 0.625. The predicted octanol–water partition coefficient (Wildman–Crippen LogP) is 2.20. The van der Waals surface area contributed by atoms with Crippen molar-refractivity contribution in [1.82, 2.24) is 5.32 Å². The quantitative estimate of drug-likeness (QED) is 0.666. The molecule has 0 saturated carbocycles. The number of aryl methyl sites for hydroxylation is 1. The molecule has 0 saturated heterocycles. The largest absolute Gasteiger partial charge is 0.385 e. The van der Waals surface area contributed by atoms with Crippen molar-refractivity contribution in [3.05, 3.63) is 29.3 Å². The Morgan fingerprint density at radius 3 is 2.55 bits per heavy atom. The average molecular weight is 280 g/mol. The Kier molecular flexibility index (Phi) is 8.26. The standard InChI is InChI=1S/C16H28N2O2/c1-14-12-15(13-17-8-11-20-4)6-7-16(14)18(2)9-5-10-19-3/h6-7,12,17H,5,8-11,13H2,1-4H3. The molecule has 0 aliphatic heterocycles. The van der Waals surface area contributed by atoms with Crippen molar-refractivity contribution in [1.29, 1.82) is 0 Å². The molecule has 4 nitrogen and oxygen atoms in total. The second-order valence-electron chi connectivity index (χ2n) is 5.06. The van der Waals surface area contributed by atoms with Crippen molar-refractivity contribution in [2.75, 3.05) is 52.5 Å². The Balaban J connectivity index is 2.49. The summed E-state index contributed by atoms with van der Waals surface area (Å²) in [7, 11) is 5.60.